The summed E-state index contributed by atoms with van der Waals surface area (Å²) < 4.78 is 5.83. The Balaban J connectivity index is 1.33. The van der Waals surface area contributed by atoms with Crippen LogP contribution in [0.25, 0.3) is 0 Å². The summed E-state index contributed by atoms with van der Waals surface area (Å²) in [7, 11) is 0. The molecule has 1 aliphatic heterocycles. The molecular formula is C15H19ClN2O2. The predicted molar refractivity (Wildman–Crippen MR) is 78.2 cm³/mol. The highest BCUT2D eigenvalue weighted by atomic mass is 35.5. The van der Waals surface area contributed by atoms with Crippen molar-refractivity contribution in [1.29, 1.82) is 0 Å². The Bertz CT molecular complexity index is 503. The number of hydrogen-bond donors (Lipinski definition) is 2. The molecule has 1 unspecified atom stereocenters. The molecule has 108 valence electrons. The fraction of sp³-hybridized carbons (Fsp3) is 0.533. The van der Waals surface area contributed by atoms with E-state index < -0.39 is 0 Å². The maximum atomic E-state index is 11.4. The van der Waals surface area contributed by atoms with Crippen molar-refractivity contribution >= 4 is 17.5 Å². The zero-order valence-corrected chi connectivity index (χ0v) is 12.1. The van der Waals surface area contributed by atoms with Crippen LogP contribution in [-0.2, 0) is 11.2 Å². The summed E-state index contributed by atoms with van der Waals surface area (Å²) in [5, 5.41) is 7.01. The van der Waals surface area contributed by atoms with Gasteiger partial charge in [-0.05, 0) is 36.6 Å². The Morgan fingerprint density at radius 2 is 2.20 bits per heavy atom. The molecule has 0 spiro atoms. The fourth-order valence-corrected chi connectivity index (χ4v) is 2.62. The number of carbonyl (C=O) groups is 1. The van der Waals surface area contributed by atoms with Gasteiger partial charge in [0, 0.05) is 37.0 Å². The van der Waals surface area contributed by atoms with E-state index in [1.165, 1.54) is 5.56 Å². The van der Waals surface area contributed by atoms with Crippen LogP contribution in [0.1, 0.15) is 18.4 Å². The molecule has 0 bridgehead atoms. The Kier molecular flexibility index (Phi) is 4.13. The summed E-state index contributed by atoms with van der Waals surface area (Å²) in [5.41, 5.74) is 1.17. The monoisotopic (exact) mass is 294 g/mol. The third kappa shape index (κ3) is 3.44. The van der Waals surface area contributed by atoms with Crippen molar-refractivity contribution in [3.63, 3.8) is 0 Å². The van der Waals surface area contributed by atoms with Crippen LogP contribution >= 0.6 is 11.6 Å². The van der Waals surface area contributed by atoms with E-state index in [9.17, 15) is 4.79 Å². The van der Waals surface area contributed by atoms with E-state index >= 15 is 0 Å². The average molecular weight is 295 g/mol. The average Bonchev–Trinajstić information content (AvgIpc) is 3.19. The van der Waals surface area contributed by atoms with Crippen LogP contribution in [0.3, 0.4) is 0 Å². The van der Waals surface area contributed by atoms with E-state index in [0.29, 0.717) is 6.54 Å². The Morgan fingerprint density at radius 3 is 3.00 bits per heavy atom. The standard InChI is InChI=1S/C15H19ClN2O2/c16-12-3-4-14-11(7-12)8-13(20-14)9-17-5-6-18-15(19)10-1-2-10/h3-4,7,10,13,17H,1-2,5-6,8-9H2,(H,18,19). The molecule has 5 heteroatoms. The van der Waals surface area contributed by atoms with E-state index in [1.807, 2.05) is 18.2 Å². The second kappa shape index (κ2) is 6.02. The van der Waals surface area contributed by atoms with E-state index in [0.717, 1.165) is 43.1 Å². The zero-order chi connectivity index (χ0) is 13.9. The van der Waals surface area contributed by atoms with Crippen LogP contribution in [0, 0.1) is 5.92 Å². The van der Waals surface area contributed by atoms with Gasteiger partial charge in [-0.2, -0.15) is 0 Å². The first kappa shape index (κ1) is 13.7. The molecule has 3 rings (SSSR count). The maximum Gasteiger partial charge on any atom is 0.223 e. The van der Waals surface area contributed by atoms with Crippen LogP contribution in [-0.4, -0.2) is 31.6 Å². The minimum atomic E-state index is 0.155. The molecule has 0 aromatic heterocycles. The topological polar surface area (TPSA) is 50.4 Å². The molecule has 1 amide bonds. The van der Waals surface area contributed by atoms with Gasteiger partial charge >= 0.3 is 0 Å². The lowest BCUT2D eigenvalue weighted by Crippen LogP contribution is -2.37. The normalized spacial score (nSPS) is 20.4. The van der Waals surface area contributed by atoms with Crippen LogP contribution in [0.15, 0.2) is 18.2 Å². The number of carbonyl (C=O) groups excluding carboxylic acids is 1. The number of benzene rings is 1. The highest BCUT2D eigenvalue weighted by molar-refractivity contribution is 6.30. The summed E-state index contributed by atoms with van der Waals surface area (Å²) in [4.78, 5) is 11.4. The molecule has 1 aromatic rings. The molecule has 1 aliphatic carbocycles. The van der Waals surface area contributed by atoms with Crippen LogP contribution in [0.4, 0.5) is 0 Å². The van der Waals surface area contributed by atoms with Gasteiger partial charge in [-0.3, -0.25) is 4.79 Å². The lowest BCUT2D eigenvalue weighted by Gasteiger charge is -2.12. The molecule has 4 nitrogen and oxygen atoms in total. The zero-order valence-electron chi connectivity index (χ0n) is 11.3. The number of fused-ring (bicyclic) bond motifs is 1. The van der Waals surface area contributed by atoms with Crippen LogP contribution in [0.2, 0.25) is 5.02 Å². The highest BCUT2D eigenvalue weighted by Gasteiger charge is 2.29. The molecule has 1 saturated carbocycles. The van der Waals surface area contributed by atoms with E-state index in [4.69, 9.17) is 16.3 Å². The number of hydrogen-bond acceptors (Lipinski definition) is 3. The summed E-state index contributed by atoms with van der Waals surface area (Å²) in [6.07, 6.45) is 3.14. The molecular weight excluding hydrogens is 276 g/mol. The van der Waals surface area contributed by atoms with Crippen molar-refractivity contribution in [2.75, 3.05) is 19.6 Å². The van der Waals surface area contributed by atoms with Crippen molar-refractivity contribution in [3.8, 4) is 5.75 Å². The molecule has 1 atom stereocenters. The third-order valence-electron chi connectivity index (χ3n) is 3.68. The second-order valence-electron chi connectivity index (χ2n) is 5.47. The lowest BCUT2D eigenvalue weighted by molar-refractivity contribution is -0.122. The minimum Gasteiger partial charge on any atom is -0.488 e. The number of halogens is 1. The van der Waals surface area contributed by atoms with Crippen molar-refractivity contribution in [1.82, 2.24) is 10.6 Å². The van der Waals surface area contributed by atoms with Gasteiger partial charge < -0.3 is 15.4 Å². The van der Waals surface area contributed by atoms with Crippen molar-refractivity contribution < 1.29 is 9.53 Å². The van der Waals surface area contributed by atoms with Crippen molar-refractivity contribution in [2.45, 2.75) is 25.4 Å². The van der Waals surface area contributed by atoms with Crippen molar-refractivity contribution in [3.05, 3.63) is 28.8 Å². The molecule has 0 radical (unpaired) electrons. The van der Waals surface area contributed by atoms with E-state index in [1.54, 1.807) is 0 Å². The fourth-order valence-electron chi connectivity index (χ4n) is 2.43. The molecule has 20 heavy (non-hydrogen) atoms. The van der Waals surface area contributed by atoms with E-state index in [2.05, 4.69) is 10.6 Å². The Hall–Kier alpha value is -1.26. The first-order chi connectivity index (χ1) is 9.72. The first-order valence-corrected chi connectivity index (χ1v) is 7.53. The summed E-state index contributed by atoms with van der Waals surface area (Å²) in [5.74, 6) is 1.42. The lowest BCUT2D eigenvalue weighted by atomic mass is 10.1. The number of rotatable bonds is 6. The van der Waals surface area contributed by atoms with Crippen molar-refractivity contribution in [2.24, 2.45) is 5.92 Å². The number of ether oxygens (including phenoxy) is 1. The van der Waals surface area contributed by atoms with Gasteiger partial charge in [0.2, 0.25) is 5.91 Å². The van der Waals surface area contributed by atoms with Gasteiger partial charge in [0.25, 0.3) is 0 Å². The van der Waals surface area contributed by atoms with Gasteiger partial charge in [-0.1, -0.05) is 11.6 Å². The van der Waals surface area contributed by atoms with Gasteiger partial charge in [-0.25, -0.2) is 0 Å². The second-order valence-corrected chi connectivity index (χ2v) is 5.90. The first-order valence-electron chi connectivity index (χ1n) is 7.16. The Labute approximate surface area is 123 Å². The van der Waals surface area contributed by atoms with E-state index in [-0.39, 0.29) is 17.9 Å². The molecule has 1 aromatic carbocycles. The van der Waals surface area contributed by atoms with Crippen LogP contribution in [0.5, 0.6) is 5.75 Å². The molecule has 1 heterocycles. The smallest absolute Gasteiger partial charge is 0.223 e. The van der Waals surface area contributed by atoms with Gasteiger partial charge in [0.15, 0.2) is 0 Å². The molecule has 1 fully saturated rings. The largest absolute Gasteiger partial charge is 0.488 e. The predicted octanol–water partition coefficient (Wildman–Crippen LogP) is 1.76. The minimum absolute atomic E-state index is 0.155. The number of amides is 1. The maximum absolute atomic E-state index is 11.4. The quantitative estimate of drug-likeness (QED) is 0.786. The van der Waals surface area contributed by atoms with Crippen LogP contribution < -0.4 is 15.4 Å². The van der Waals surface area contributed by atoms with Gasteiger partial charge in [0.1, 0.15) is 11.9 Å². The highest BCUT2D eigenvalue weighted by Crippen LogP contribution is 2.30. The number of nitrogens with one attached hydrogen (secondary N) is 2. The molecule has 2 aliphatic rings. The summed E-state index contributed by atoms with van der Waals surface area (Å²) >= 11 is 5.97. The Morgan fingerprint density at radius 1 is 1.35 bits per heavy atom. The molecule has 2 N–H and O–H groups in total. The van der Waals surface area contributed by atoms with Gasteiger partial charge in [-0.15, -0.1) is 0 Å². The third-order valence-corrected chi connectivity index (χ3v) is 3.92. The summed E-state index contributed by atoms with van der Waals surface area (Å²) in [6, 6.07) is 5.74. The van der Waals surface area contributed by atoms with Gasteiger partial charge in [0.05, 0.1) is 0 Å². The SMILES string of the molecule is O=C(NCCNCC1Cc2cc(Cl)ccc2O1)C1CC1. The summed E-state index contributed by atoms with van der Waals surface area (Å²) in [6.45, 7) is 2.24. The molecule has 0 saturated heterocycles.